The van der Waals surface area contributed by atoms with Gasteiger partial charge in [-0.05, 0) is 11.1 Å². The second kappa shape index (κ2) is 5.12. The fourth-order valence-electron chi connectivity index (χ4n) is 1.63. The molecule has 0 saturated heterocycles. The standard InChI is InChI=1S/C14H12NO/c1-15-16-14(12-8-4-2-5-9-12)13-10-6-3-7-11-13/h1-11,14H. The van der Waals surface area contributed by atoms with Gasteiger partial charge in [0.05, 0.1) is 6.72 Å². The highest BCUT2D eigenvalue weighted by Gasteiger charge is 2.14. The molecule has 0 fully saturated rings. The van der Waals surface area contributed by atoms with Gasteiger partial charge in [-0.25, -0.2) is 0 Å². The third-order valence-corrected chi connectivity index (χ3v) is 2.37. The van der Waals surface area contributed by atoms with Gasteiger partial charge in [-0.15, -0.1) is 0 Å². The Hall–Kier alpha value is -2.09. The van der Waals surface area contributed by atoms with Gasteiger partial charge in [-0.2, -0.15) is 0 Å². The summed E-state index contributed by atoms with van der Waals surface area (Å²) < 4.78 is 0. The topological polar surface area (TPSA) is 21.6 Å². The summed E-state index contributed by atoms with van der Waals surface area (Å²) in [6, 6.07) is 19.7. The first-order valence-corrected chi connectivity index (χ1v) is 5.08. The fraction of sp³-hybridized carbons (Fsp3) is 0.0714. The molecule has 0 aliphatic rings. The molecule has 0 N–H and O–H groups in total. The predicted molar refractivity (Wildman–Crippen MR) is 64.3 cm³/mol. The minimum atomic E-state index is -0.243. The molecule has 0 spiro atoms. The molecule has 0 amide bonds. The van der Waals surface area contributed by atoms with Gasteiger partial charge in [0.2, 0.25) is 0 Å². The Bertz CT molecular complexity index is 399. The average Bonchev–Trinajstić information content (AvgIpc) is 2.38. The van der Waals surface area contributed by atoms with Gasteiger partial charge >= 0.3 is 0 Å². The van der Waals surface area contributed by atoms with E-state index in [0.717, 1.165) is 11.1 Å². The van der Waals surface area contributed by atoms with E-state index in [1.165, 1.54) is 0 Å². The van der Waals surface area contributed by atoms with E-state index in [0.29, 0.717) is 0 Å². The van der Waals surface area contributed by atoms with Crippen LogP contribution >= 0.6 is 0 Å². The van der Waals surface area contributed by atoms with Crippen molar-refractivity contribution in [2.75, 3.05) is 0 Å². The van der Waals surface area contributed by atoms with E-state index in [9.17, 15) is 0 Å². The van der Waals surface area contributed by atoms with Gasteiger partial charge in [0, 0.05) is 0 Å². The van der Waals surface area contributed by atoms with Crippen LogP contribution in [0.25, 0.3) is 0 Å². The quantitative estimate of drug-likeness (QED) is 0.560. The second-order valence-electron chi connectivity index (χ2n) is 3.41. The van der Waals surface area contributed by atoms with E-state index < -0.39 is 0 Å². The molecular weight excluding hydrogens is 198 g/mol. The molecule has 0 aliphatic carbocycles. The molecule has 0 aromatic heterocycles. The largest absolute Gasteiger partial charge is 0.383 e. The summed E-state index contributed by atoms with van der Waals surface area (Å²) >= 11 is 0. The lowest BCUT2D eigenvalue weighted by Gasteiger charge is -2.15. The van der Waals surface area contributed by atoms with Gasteiger partial charge in [0.1, 0.15) is 0 Å². The monoisotopic (exact) mass is 210 g/mol. The van der Waals surface area contributed by atoms with Crippen LogP contribution in [0.15, 0.2) is 65.8 Å². The lowest BCUT2D eigenvalue weighted by atomic mass is 10.0. The maximum Gasteiger partial charge on any atom is 0.177 e. The van der Waals surface area contributed by atoms with E-state index in [1.807, 2.05) is 60.7 Å². The summed E-state index contributed by atoms with van der Waals surface area (Å²) in [5.74, 6) is 0. The zero-order chi connectivity index (χ0) is 11.2. The maximum absolute atomic E-state index is 5.22. The van der Waals surface area contributed by atoms with E-state index in [1.54, 1.807) is 0 Å². The second-order valence-corrected chi connectivity index (χ2v) is 3.41. The Kier molecular flexibility index (Phi) is 3.34. The molecule has 0 bridgehead atoms. The number of nitrogens with zero attached hydrogens (tertiary/aromatic N) is 1. The van der Waals surface area contributed by atoms with E-state index in [-0.39, 0.29) is 6.10 Å². The van der Waals surface area contributed by atoms with Crippen molar-refractivity contribution in [3.05, 3.63) is 71.8 Å². The van der Waals surface area contributed by atoms with Gasteiger partial charge < -0.3 is 4.84 Å². The minimum Gasteiger partial charge on any atom is -0.383 e. The predicted octanol–water partition coefficient (Wildman–Crippen LogP) is 3.29. The van der Waals surface area contributed by atoms with Crippen LogP contribution in [0, 0.1) is 0 Å². The molecule has 0 aliphatic heterocycles. The lowest BCUT2D eigenvalue weighted by molar-refractivity contribution is 0.0897. The molecule has 2 rings (SSSR count). The number of hydrogen-bond donors (Lipinski definition) is 0. The highest BCUT2D eigenvalue weighted by Crippen LogP contribution is 2.25. The van der Waals surface area contributed by atoms with Gasteiger partial charge in [0.25, 0.3) is 0 Å². The third-order valence-electron chi connectivity index (χ3n) is 2.37. The Morgan fingerprint density at radius 3 is 1.62 bits per heavy atom. The molecule has 2 nitrogen and oxygen atoms in total. The average molecular weight is 210 g/mol. The first-order valence-electron chi connectivity index (χ1n) is 5.08. The zero-order valence-corrected chi connectivity index (χ0v) is 8.78. The first-order chi connectivity index (χ1) is 7.92. The highest BCUT2D eigenvalue weighted by molar-refractivity contribution is 5.30. The van der Waals surface area contributed by atoms with Crippen LogP contribution in [0.2, 0.25) is 0 Å². The van der Waals surface area contributed by atoms with Crippen molar-refractivity contribution < 1.29 is 4.84 Å². The van der Waals surface area contributed by atoms with Gasteiger partial charge in [-0.1, -0.05) is 65.8 Å². The molecule has 2 aromatic rings. The molecule has 0 unspecified atom stereocenters. The number of rotatable bonds is 4. The molecule has 0 heterocycles. The summed E-state index contributed by atoms with van der Waals surface area (Å²) in [5, 5.41) is 3.29. The van der Waals surface area contributed by atoms with E-state index in [4.69, 9.17) is 11.6 Å². The van der Waals surface area contributed by atoms with Crippen LogP contribution in [0.3, 0.4) is 0 Å². The number of benzene rings is 2. The maximum atomic E-state index is 5.22. The summed E-state index contributed by atoms with van der Waals surface area (Å²) in [4.78, 5) is 5.22. The molecule has 0 atom stereocenters. The van der Waals surface area contributed by atoms with Crippen molar-refractivity contribution in [1.29, 1.82) is 0 Å². The Morgan fingerprint density at radius 2 is 1.25 bits per heavy atom. The normalized spacial score (nSPS) is 10.1. The minimum absolute atomic E-state index is 0.243. The number of hydrogen-bond acceptors (Lipinski definition) is 2. The van der Waals surface area contributed by atoms with Crippen LogP contribution in [0.4, 0.5) is 0 Å². The van der Waals surface area contributed by atoms with Crippen LogP contribution in [0.1, 0.15) is 17.2 Å². The van der Waals surface area contributed by atoms with Crippen LogP contribution in [-0.2, 0) is 4.84 Å². The van der Waals surface area contributed by atoms with Crippen molar-refractivity contribution in [3.63, 3.8) is 0 Å². The lowest BCUT2D eigenvalue weighted by Crippen LogP contribution is -2.02. The summed E-state index contributed by atoms with van der Waals surface area (Å²) in [7, 11) is 0. The molecule has 79 valence electrons. The van der Waals surface area contributed by atoms with Crippen molar-refractivity contribution in [2.24, 2.45) is 5.16 Å². The SMILES string of the molecule is [CH]=NOC(c1ccccc1)c1ccccc1. The molecular formula is C14H12NO. The van der Waals surface area contributed by atoms with Gasteiger partial charge in [0.15, 0.2) is 6.10 Å². The first kappa shape index (κ1) is 10.4. The van der Waals surface area contributed by atoms with Gasteiger partial charge in [-0.3, -0.25) is 0 Å². The molecule has 2 aromatic carbocycles. The fourth-order valence-corrected chi connectivity index (χ4v) is 1.63. The van der Waals surface area contributed by atoms with Crippen LogP contribution < -0.4 is 0 Å². The highest BCUT2D eigenvalue weighted by atomic mass is 16.6. The van der Waals surface area contributed by atoms with Crippen molar-refractivity contribution in [1.82, 2.24) is 0 Å². The van der Waals surface area contributed by atoms with Crippen LogP contribution in [-0.4, -0.2) is 6.72 Å². The molecule has 0 saturated carbocycles. The summed E-state index contributed by atoms with van der Waals surface area (Å²) in [6.45, 7) is 5.11. The van der Waals surface area contributed by atoms with Crippen molar-refractivity contribution >= 4 is 6.72 Å². The summed E-state index contributed by atoms with van der Waals surface area (Å²) in [6.07, 6.45) is -0.243. The Labute approximate surface area is 95.2 Å². The molecule has 1 radical (unpaired) electrons. The van der Waals surface area contributed by atoms with Crippen molar-refractivity contribution in [2.45, 2.75) is 6.10 Å². The molecule has 16 heavy (non-hydrogen) atoms. The van der Waals surface area contributed by atoms with E-state index >= 15 is 0 Å². The Balaban J connectivity index is 2.35. The smallest absolute Gasteiger partial charge is 0.177 e. The van der Waals surface area contributed by atoms with E-state index in [2.05, 4.69) is 5.16 Å². The Morgan fingerprint density at radius 1 is 0.812 bits per heavy atom. The zero-order valence-electron chi connectivity index (χ0n) is 8.78. The summed E-state index contributed by atoms with van der Waals surface area (Å²) in [5.41, 5.74) is 2.06. The molecule has 2 heteroatoms. The third kappa shape index (κ3) is 2.28. The van der Waals surface area contributed by atoms with Crippen molar-refractivity contribution in [3.8, 4) is 0 Å². The van der Waals surface area contributed by atoms with Crippen LogP contribution in [0.5, 0.6) is 0 Å².